The summed E-state index contributed by atoms with van der Waals surface area (Å²) in [7, 11) is 0. The van der Waals surface area contributed by atoms with Gasteiger partial charge >= 0.3 is 0 Å². The highest BCUT2D eigenvalue weighted by molar-refractivity contribution is 5.12. The van der Waals surface area contributed by atoms with Crippen LogP contribution in [0.1, 0.15) is 20.8 Å². The summed E-state index contributed by atoms with van der Waals surface area (Å²) in [5, 5.41) is 9.30. The molecule has 1 unspecified atom stereocenters. The van der Waals surface area contributed by atoms with Crippen LogP contribution in [0.5, 0.6) is 0 Å². The van der Waals surface area contributed by atoms with Crippen LogP contribution in [0.25, 0.3) is 0 Å². The molecule has 10 heavy (non-hydrogen) atoms. The van der Waals surface area contributed by atoms with Crippen LogP contribution < -0.4 is 0 Å². The Morgan fingerprint density at radius 1 is 1.50 bits per heavy atom. The minimum absolute atomic E-state index is 0.353. The van der Waals surface area contributed by atoms with Crippen molar-refractivity contribution in [2.24, 2.45) is 5.92 Å². The van der Waals surface area contributed by atoms with Crippen molar-refractivity contribution in [2.45, 2.75) is 26.9 Å². The van der Waals surface area contributed by atoms with Crippen molar-refractivity contribution >= 4 is 0 Å². The van der Waals surface area contributed by atoms with Crippen LogP contribution in [0.15, 0.2) is 24.3 Å². The van der Waals surface area contributed by atoms with Gasteiger partial charge in [0, 0.05) is 0 Å². The van der Waals surface area contributed by atoms with Crippen LogP contribution in [0.2, 0.25) is 0 Å². The van der Waals surface area contributed by atoms with Crippen molar-refractivity contribution in [3.05, 3.63) is 24.3 Å². The zero-order valence-electron chi connectivity index (χ0n) is 6.96. The second kappa shape index (κ2) is 4.29. The van der Waals surface area contributed by atoms with Crippen LogP contribution >= 0.6 is 0 Å². The highest BCUT2D eigenvalue weighted by Gasteiger charge is 2.06. The van der Waals surface area contributed by atoms with Gasteiger partial charge in [-0.15, -0.1) is 0 Å². The fraction of sp³-hybridized carbons (Fsp3) is 0.556. The zero-order valence-corrected chi connectivity index (χ0v) is 6.96. The molecular formula is C9H16O. The van der Waals surface area contributed by atoms with Gasteiger partial charge in [0.2, 0.25) is 0 Å². The van der Waals surface area contributed by atoms with Gasteiger partial charge in [-0.2, -0.15) is 0 Å². The minimum atomic E-state index is -0.468. The monoisotopic (exact) mass is 140 g/mol. The summed E-state index contributed by atoms with van der Waals surface area (Å²) in [6.07, 6.45) is 3.10. The molecule has 1 heteroatoms. The maximum Gasteiger partial charge on any atom is 0.0931 e. The summed E-state index contributed by atoms with van der Waals surface area (Å²) in [4.78, 5) is 0. The largest absolute Gasteiger partial charge is 0.385 e. The Bertz CT molecular complexity index is 134. The molecule has 0 aromatic rings. The van der Waals surface area contributed by atoms with Crippen LogP contribution in [0.3, 0.4) is 0 Å². The predicted octanol–water partition coefficient (Wildman–Crippen LogP) is 2.14. The summed E-state index contributed by atoms with van der Waals surface area (Å²) < 4.78 is 0. The fourth-order valence-electron chi connectivity index (χ4n) is 0.647. The molecule has 0 saturated heterocycles. The Hall–Kier alpha value is -0.560. The SMILES string of the molecule is C=C(C(C)C)C(O)/C=C/C. The van der Waals surface area contributed by atoms with Crippen molar-refractivity contribution in [3.8, 4) is 0 Å². The smallest absolute Gasteiger partial charge is 0.0931 e. The third-order valence-electron chi connectivity index (χ3n) is 1.50. The summed E-state index contributed by atoms with van der Waals surface area (Å²) in [6, 6.07) is 0. The normalized spacial score (nSPS) is 14.5. The van der Waals surface area contributed by atoms with Crippen molar-refractivity contribution < 1.29 is 5.11 Å². The van der Waals surface area contributed by atoms with Crippen LogP contribution in [-0.2, 0) is 0 Å². The second-order valence-electron chi connectivity index (χ2n) is 2.70. The highest BCUT2D eigenvalue weighted by atomic mass is 16.3. The molecule has 58 valence electrons. The van der Waals surface area contributed by atoms with Gasteiger partial charge in [0.05, 0.1) is 6.10 Å². The van der Waals surface area contributed by atoms with E-state index in [1.165, 1.54) is 0 Å². The van der Waals surface area contributed by atoms with E-state index in [1.54, 1.807) is 6.08 Å². The van der Waals surface area contributed by atoms with Gasteiger partial charge in [-0.3, -0.25) is 0 Å². The lowest BCUT2D eigenvalue weighted by atomic mass is 9.99. The standard InChI is InChI=1S/C9H16O/c1-5-6-9(10)8(4)7(2)3/h5-7,9-10H,4H2,1-3H3/b6-5+. The lowest BCUT2D eigenvalue weighted by Gasteiger charge is -2.12. The Balaban J connectivity index is 3.95. The first-order valence-electron chi connectivity index (χ1n) is 3.59. The third-order valence-corrected chi connectivity index (χ3v) is 1.50. The van der Waals surface area contributed by atoms with Gasteiger partial charge in [-0.25, -0.2) is 0 Å². The van der Waals surface area contributed by atoms with Gasteiger partial charge in [0.25, 0.3) is 0 Å². The Kier molecular flexibility index (Phi) is 4.05. The molecular weight excluding hydrogens is 124 g/mol. The predicted molar refractivity (Wildman–Crippen MR) is 44.8 cm³/mol. The van der Waals surface area contributed by atoms with Crippen LogP contribution in [0, 0.1) is 5.92 Å². The van der Waals surface area contributed by atoms with E-state index in [0.29, 0.717) is 5.92 Å². The van der Waals surface area contributed by atoms with E-state index >= 15 is 0 Å². The minimum Gasteiger partial charge on any atom is -0.385 e. The molecule has 0 aromatic heterocycles. The van der Waals surface area contributed by atoms with E-state index in [4.69, 9.17) is 0 Å². The molecule has 1 N–H and O–H groups in total. The van der Waals surface area contributed by atoms with E-state index < -0.39 is 6.10 Å². The number of aliphatic hydroxyl groups excluding tert-OH is 1. The number of hydrogen-bond acceptors (Lipinski definition) is 1. The fourth-order valence-corrected chi connectivity index (χ4v) is 0.647. The molecule has 0 amide bonds. The molecule has 0 spiro atoms. The average molecular weight is 140 g/mol. The summed E-state index contributed by atoms with van der Waals surface area (Å²) in [5.41, 5.74) is 0.873. The summed E-state index contributed by atoms with van der Waals surface area (Å²) in [5.74, 6) is 0.353. The van der Waals surface area contributed by atoms with E-state index in [9.17, 15) is 5.11 Å². The van der Waals surface area contributed by atoms with Crippen LogP contribution in [-0.4, -0.2) is 11.2 Å². The number of aliphatic hydroxyl groups is 1. The van der Waals surface area contributed by atoms with Crippen molar-refractivity contribution in [3.63, 3.8) is 0 Å². The third kappa shape index (κ3) is 2.83. The van der Waals surface area contributed by atoms with E-state index in [1.807, 2.05) is 26.8 Å². The Morgan fingerprint density at radius 3 is 2.30 bits per heavy atom. The molecule has 1 atom stereocenters. The molecule has 0 aromatic carbocycles. The van der Waals surface area contributed by atoms with Gasteiger partial charge in [-0.1, -0.05) is 32.6 Å². The molecule has 0 aliphatic rings. The number of rotatable bonds is 3. The summed E-state index contributed by atoms with van der Waals surface area (Å²) >= 11 is 0. The van der Waals surface area contributed by atoms with Crippen molar-refractivity contribution in [2.75, 3.05) is 0 Å². The first-order chi connectivity index (χ1) is 4.59. The maximum absolute atomic E-state index is 9.30. The van der Waals surface area contributed by atoms with Gasteiger partial charge in [0.15, 0.2) is 0 Å². The number of allylic oxidation sites excluding steroid dienone is 1. The number of hydrogen-bond donors (Lipinski definition) is 1. The topological polar surface area (TPSA) is 20.2 Å². The van der Waals surface area contributed by atoms with Gasteiger partial charge in [-0.05, 0) is 18.4 Å². The Morgan fingerprint density at radius 2 is 2.00 bits per heavy atom. The lowest BCUT2D eigenvalue weighted by Crippen LogP contribution is -2.10. The van der Waals surface area contributed by atoms with E-state index in [0.717, 1.165) is 5.57 Å². The van der Waals surface area contributed by atoms with Gasteiger partial charge < -0.3 is 5.11 Å². The molecule has 0 heterocycles. The van der Waals surface area contributed by atoms with Crippen LogP contribution in [0.4, 0.5) is 0 Å². The maximum atomic E-state index is 9.30. The molecule has 0 bridgehead atoms. The molecule has 0 aliphatic heterocycles. The highest BCUT2D eigenvalue weighted by Crippen LogP contribution is 2.11. The lowest BCUT2D eigenvalue weighted by molar-refractivity contribution is 0.248. The summed E-state index contributed by atoms with van der Waals surface area (Å²) in [6.45, 7) is 9.70. The first kappa shape index (κ1) is 9.44. The zero-order chi connectivity index (χ0) is 8.15. The molecule has 1 nitrogen and oxygen atoms in total. The first-order valence-corrected chi connectivity index (χ1v) is 3.59. The molecule has 0 saturated carbocycles. The Labute approximate surface area is 63.1 Å². The molecule has 0 radical (unpaired) electrons. The second-order valence-corrected chi connectivity index (χ2v) is 2.70. The molecule has 0 aliphatic carbocycles. The van der Waals surface area contributed by atoms with Crippen molar-refractivity contribution in [1.82, 2.24) is 0 Å². The van der Waals surface area contributed by atoms with E-state index in [2.05, 4.69) is 6.58 Å². The quantitative estimate of drug-likeness (QED) is 0.595. The average Bonchev–Trinajstić information content (AvgIpc) is 1.87. The molecule has 0 fully saturated rings. The van der Waals surface area contributed by atoms with E-state index in [-0.39, 0.29) is 0 Å². The van der Waals surface area contributed by atoms with Gasteiger partial charge in [0.1, 0.15) is 0 Å². The van der Waals surface area contributed by atoms with Crippen molar-refractivity contribution in [1.29, 1.82) is 0 Å². The molecule has 0 rings (SSSR count).